The van der Waals surface area contributed by atoms with Crippen LogP contribution in [0.3, 0.4) is 0 Å². The Morgan fingerprint density at radius 2 is 1.87 bits per heavy atom. The fraction of sp³-hybridized carbons (Fsp3) is 0.190. The minimum Gasteiger partial charge on any atom is -0.486 e. The monoisotopic (exact) mass is 438 g/mol. The summed E-state index contributed by atoms with van der Waals surface area (Å²) in [7, 11) is 0. The van der Waals surface area contributed by atoms with Crippen LogP contribution in [0.15, 0.2) is 69.0 Å². The Kier molecular flexibility index (Phi) is 5.36. The molecule has 9 nitrogen and oxygen atoms in total. The zero-order valence-corrected chi connectivity index (χ0v) is 17.1. The maximum atomic E-state index is 12.5. The van der Waals surface area contributed by atoms with E-state index in [0.717, 1.165) is 5.76 Å². The Hall–Kier alpha value is -3.66. The summed E-state index contributed by atoms with van der Waals surface area (Å²) >= 11 is 1.28. The number of hydrogen-bond acceptors (Lipinski definition) is 8. The number of carbonyl (C=O) groups is 1. The van der Waals surface area contributed by atoms with E-state index in [-0.39, 0.29) is 11.7 Å². The molecule has 0 radical (unpaired) electrons. The molecule has 5 rings (SSSR count). The van der Waals surface area contributed by atoms with Crippen LogP contribution in [0.25, 0.3) is 11.6 Å². The number of hydrogen-bond donors (Lipinski definition) is 1. The Bertz CT molecular complexity index is 1170. The SMILES string of the molecule is O=C(CSc1nnc(-c2ccco2)n1Cc1ccco1)Nc1ccc2c(c1)OCCO2. The van der Waals surface area contributed by atoms with Crippen LogP contribution in [0.4, 0.5) is 5.69 Å². The van der Waals surface area contributed by atoms with Gasteiger partial charge in [-0.1, -0.05) is 11.8 Å². The molecule has 0 fully saturated rings. The van der Waals surface area contributed by atoms with Crippen LogP contribution in [-0.4, -0.2) is 39.6 Å². The number of anilines is 1. The van der Waals surface area contributed by atoms with Crippen LogP contribution < -0.4 is 14.8 Å². The van der Waals surface area contributed by atoms with E-state index in [2.05, 4.69) is 15.5 Å². The van der Waals surface area contributed by atoms with Crippen LogP contribution in [0.2, 0.25) is 0 Å². The quantitative estimate of drug-likeness (QED) is 0.436. The molecule has 0 bridgehead atoms. The van der Waals surface area contributed by atoms with Crippen molar-refractivity contribution in [1.82, 2.24) is 14.8 Å². The van der Waals surface area contributed by atoms with E-state index in [1.807, 2.05) is 22.8 Å². The van der Waals surface area contributed by atoms with E-state index in [0.29, 0.717) is 53.7 Å². The van der Waals surface area contributed by atoms with Crippen LogP contribution in [0.1, 0.15) is 5.76 Å². The van der Waals surface area contributed by atoms with Gasteiger partial charge >= 0.3 is 0 Å². The maximum absolute atomic E-state index is 12.5. The number of thioether (sulfide) groups is 1. The van der Waals surface area contributed by atoms with Crippen molar-refractivity contribution in [2.45, 2.75) is 11.7 Å². The van der Waals surface area contributed by atoms with E-state index in [4.69, 9.17) is 18.3 Å². The Morgan fingerprint density at radius 3 is 2.68 bits per heavy atom. The van der Waals surface area contributed by atoms with Crippen molar-refractivity contribution in [3.05, 3.63) is 60.8 Å². The molecule has 0 saturated heterocycles. The van der Waals surface area contributed by atoms with Gasteiger partial charge in [-0.3, -0.25) is 9.36 Å². The highest BCUT2D eigenvalue weighted by atomic mass is 32.2. The normalized spacial score (nSPS) is 12.6. The summed E-state index contributed by atoms with van der Waals surface area (Å²) in [5.74, 6) is 3.18. The lowest BCUT2D eigenvalue weighted by molar-refractivity contribution is -0.113. The molecule has 3 aromatic heterocycles. The van der Waals surface area contributed by atoms with Crippen molar-refractivity contribution in [2.24, 2.45) is 0 Å². The smallest absolute Gasteiger partial charge is 0.234 e. The van der Waals surface area contributed by atoms with Gasteiger partial charge in [-0.05, 0) is 36.4 Å². The number of rotatable bonds is 7. The average molecular weight is 438 g/mol. The van der Waals surface area contributed by atoms with Gasteiger partial charge in [0.1, 0.15) is 19.0 Å². The van der Waals surface area contributed by atoms with Gasteiger partial charge in [0.05, 0.1) is 24.8 Å². The maximum Gasteiger partial charge on any atom is 0.234 e. The molecule has 1 aliphatic rings. The first-order valence-electron chi connectivity index (χ1n) is 9.58. The molecule has 4 heterocycles. The molecule has 1 aliphatic heterocycles. The summed E-state index contributed by atoms with van der Waals surface area (Å²) in [6.07, 6.45) is 3.19. The number of furan rings is 2. The minimum absolute atomic E-state index is 0.156. The molecule has 0 unspecified atom stereocenters. The molecular weight excluding hydrogens is 420 g/mol. The number of carbonyl (C=O) groups excluding carboxylic acids is 1. The largest absolute Gasteiger partial charge is 0.486 e. The van der Waals surface area contributed by atoms with Gasteiger partial charge < -0.3 is 23.6 Å². The first-order valence-corrected chi connectivity index (χ1v) is 10.6. The summed E-state index contributed by atoms with van der Waals surface area (Å²) in [5, 5.41) is 11.9. The molecule has 1 amide bonds. The van der Waals surface area contributed by atoms with Crippen molar-refractivity contribution in [2.75, 3.05) is 24.3 Å². The summed E-state index contributed by atoms with van der Waals surface area (Å²) < 4.78 is 23.9. The highest BCUT2D eigenvalue weighted by Crippen LogP contribution is 2.33. The van der Waals surface area contributed by atoms with Crippen LogP contribution >= 0.6 is 11.8 Å². The van der Waals surface area contributed by atoms with Gasteiger partial charge in [-0.25, -0.2) is 0 Å². The van der Waals surface area contributed by atoms with Crippen molar-refractivity contribution in [1.29, 1.82) is 0 Å². The van der Waals surface area contributed by atoms with Gasteiger partial charge in [0.2, 0.25) is 11.7 Å². The summed E-state index contributed by atoms with van der Waals surface area (Å²) in [5.41, 5.74) is 0.642. The highest BCUT2D eigenvalue weighted by Gasteiger charge is 2.19. The molecule has 158 valence electrons. The van der Waals surface area contributed by atoms with Crippen molar-refractivity contribution in [3.8, 4) is 23.1 Å². The fourth-order valence-electron chi connectivity index (χ4n) is 3.13. The highest BCUT2D eigenvalue weighted by molar-refractivity contribution is 7.99. The van der Waals surface area contributed by atoms with E-state index in [1.54, 1.807) is 36.8 Å². The van der Waals surface area contributed by atoms with E-state index >= 15 is 0 Å². The van der Waals surface area contributed by atoms with Crippen molar-refractivity contribution < 1.29 is 23.1 Å². The molecule has 0 atom stereocenters. The minimum atomic E-state index is -0.172. The van der Waals surface area contributed by atoms with Crippen molar-refractivity contribution >= 4 is 23.4 Å². The molecule has 0 aliphatic carbocycles. The predicted molar refractivity (Wildman–Crippen MR) is 112 cm³/mol. The number of aromatic nitrogens is 3. The molecule has 31 heavy (non-hydrogen) atoms. The molecule has 0 spiro atoms. The van der Waals surface area contributed by atoms with Crippen LogP contribution in [0, 0.1) is 0 Å². The Morgan fingerprint density at radius 1 is 1.03 bits per heavy atom. The van der Waals surface area contributed by atoms with Gasteiger partial charge in [-0.15, -0.1) is 10.2 Å². The number of nitrogens with one attached hydrogen (secondary N) is 1. The summed E-state index contributed by atoms with van der Waals surface area (Å²) in [4.78, 5) is 12.5. The predicted octanol–water partition coefficient (Wildman–Crippen LogP) is 3.68. The van der Waals surface area contributed by atoms with Crippen LogP contribution in [-0.2, 0) is 11.3 Å². The number of fused-ring (bicyclic) bond motifs is 1. The standard InChI is InChI=1S/C21H18N4O5S/c26-19(22-14-5-6-16-18(11-14)30-10-9-29-16)13-31-21-24-23-20(17-4-2-8-28-17)25(21)12-15-3-1-7-27-15/h1-8,11H,9-10,12-13H2,(H,22,26). The second kappa shape index (κ2) is 8.60. The topological polar surface area (TPSA) is 105 Å². The van der Waals surface area contributed by atoms with E-state index in [9.17, 15) is 4.79 Å². The molecule has 1 aromatic carbocycles. The number of ether oxygens (including phenoxy) is 2. The molecule has 10 heteroatoms. The van der Waals surface area contributed by atoms with Crippen molar-refractivity contribution in [3.63, 3.8) is 0 Å². The van der Waals surface area contributed by atoms with Gasteiger partial charge in [0.15, 0.2) is 22.4 Å². The molecular formula is C21H18N4O5S. The summed E-state index contributed by atoms with van der Waals surface area (Å²) in [6, 6.07) is 12.6. The first kappa shape index (κ1) is 19.3. The Labute approximate surface area is 181 Å². The second-order valence-corrected chi connectivity index (χ2v) is 7.59. The molecule has 0 saturated carbocycles. The average Bonchev–Trinajstić information content (AvgIpc) is 3.55. The van der Waals surface area contributed by atoms with E-state index < -0.39 is 0 Å². The number of nitrogens with zero attached hydrogens (tertiary/aromatic N) is 3. The van der Waals surface area contributed by atoms with E-state index in [1.165, 1.54) is 11.8 Å². The fourth-order valence-corrected chi connectivity index (χ4v) is 3.87. The first-order chi connectivity index (χ1) is 15.3. The third-order valence-corrected chi connectivity index (χ3v) is 5.48. The molecule has 4 aromatic rings. The molecule has 1 N–H and O–H groups in total. The zero-order chi connectivity index (χ0) is 21.0. The zero-order valence-electron chi connectivity index (χ0n) is 16.3. The third-order valence-electron chi connectivity index (χ3n) is 4.51. The van der Waals surface area contributed by atoms with Gasteiger partial charge in [0, 0.05) is 11.8 Å². The lowest BCUT2D eigenvalue weighted by Crippen LogP contribution is -2.17. The van der Waals surface area contributed by atoms with Crippen LogP contribution in [0.5, 0.6) is 11.5 Å². The summed E-state index contributed by atoms with van der Waals surface area (Å²) in [6.45, 7) is 1.43. The third kappa shape index (κ3) is 4.29. The number of benzene rings is 1. The van der Waals surface area contributed by atoms with Gasteiger partial charge in [0.25, 0.3) is 0 Å². The van der Waals surface area contributed by atoms with Gasteiger partial charge in [-0.2, -0.15) is 0 Å². The lowest BCUT2D eigenvalue weighted by atomic mass is 10.2. The Balaban J connectivity index is 1.29. The second-order valence-electron chi connectivity index (χ2n) is 6.64. The lowest BCUT2D eigenvalue weighted by Gasteiger charge is -2.19. The number of amides is 1.